The van der Waals surface area contributed by atoms with Crippen molar-refractivity contribution in [2.75, 3.05) is 0 Å². The zero-order valence-corrected chi connectivity index (χ0v) is 18.1. The molecule has 3 rings (SSSR count). The van der Waals surface area contributed by atoms with Gasteiger partial charge in [-0.2, -0.15) is 0 Å². The van der Waals surface area contributed by atoms with Crippen LogP contribution in [0.4, 0.5) is 5.69 Å². The van der Waals surface area contributed by atoms with Crippen LogP contribution in [0.25, 0.3) is 0 Å². The van der Waals surface area contributed by atoms with Gasteiger partial charge in [-0.15, -0.1) is 0 Å². The van der Waals surface area contributed by atoms with Crippen LogP contribution in [0.3, 0.4) is 0 Å². The Hall–Kier alpha value is -4.41. The van der Waals surface area contributed by atoms with Crippen molar-refractivity contribution >= 4 is 35.5 Å². The first-order chi connectivity index (χ1) is 16.2. The predicted octanol–water partition coefficient (Wildman–Crippen LogP) is 1.35. The molecule has 1 aliphatic rings. The highest BCUT2D eigenvalue weighted by Gasteiger charge is 2.26. The second-order valence-corrected chi connectivity index (χ2v) is 7.72. The molecule has 34 heavy (non-hydrogen) atoms. The third-order valence-electron chi connectivity index (χ3n) is 5.25. The van der Waals surface area contributed by atoms with Crippen molar-refractivity contribution < 1.29 is 34.1 Å². The number of nitrogens with one attached hydrogen (secondary N) is 1. The lowest BCUT2D eigenvalue weighted by molar-refractivity contribution is -0.145. The number of aliphatic carboxylic acids is 2. The summed E-state index contributed by atoms with van der Waals surface area (Å²) in [4.78, 5) is 52.1. The van der Waals surface area contributed by atoms with Gasteiger partial charge in [-0.25, -0.2) is 14.6 Å². The average Bonchev–Trinajstić information content (AvgIpc) is 2.75. The molecule has 0 radical (unpaired) electrons. The standard InChI is InChI=1S/C23H24N4O7/c24-23(25)26-13-8-9-14-12(10-13)4-1-2-5-15-16(6-3-7-18(15)34-22(14)33)20(30)27-17(21(31)32)11-19(28)29/h3,6-10,17H,1-2,4-5,11H2,(H,27,30)(H,28,29)(H,31,32)(H4,24,25,26). The zero-order chi connectivity index (χ0) is 24.8. The number of aliphatic imine (C=N–C) groups is 1. The summed E-state index contributed by atoms with van der Waals surface area (Å²) in [6, 6.07) is 7.80. The van der Waals surface area contributed by atoms with E-state index >= 15 is 0 Å². The van der Waals surface area contributed by atoms with Crippen molar-refractivity contribution in [1.29, 1.82) is 0 Å². The number of carboxylic acids is 2. The highest BCUT2D eigenvalue weighted by Crippen LogP contribution is 2.29. The monoisotopic (exact) mass is 468 g/mol. The number of benzene rings is 2. The summed E-state index contributed by atoms with van der Waals surface area (Å²) in [5.74, 6) is -4.15. The molecule has 0 spiro atoms. The Morgan fingerprint density at radius 1 is 1.09 bits per heavy atom. The Kier molecular flexibility index (Phi) is 7.46. The van der Waals surface area contributed by atoms with Crippen LogP contribution >= 0.6 is 0 Å². The van der Waals surface area contributed by atoms with E-state index in [-0.39, 0.29) is 17.3 Å². The molecule has 1 unspecified atom stereocenters. The lowest BCUT2D eigenvalue weighted by Gasteiger charge is -2.19. The van der Waals surface area contributed by atoms with Crippen molar-refractivity contribution in [3.05, 3.63) is 58.7 Å². The van der Waals surface area contributed by atoms with E-state index in [9.17, 15) is 24.3 Å². The quantitative estimate of drug-likeness (QED) is 0.180. The molecular weight excluding hydrogens is 444 g/mol. The normalized spacial score (nSPS) is 13.9. The summed E-state index contributed by atoms with van der Waals surface area (Å²) < 4.78 is 5.61. The maximum absolute atomic E-state index is 12.9. The molecule has 2 aromatic carbocycles. The molecule has 11 heteroatoms. The van der Waals surface area contributed by atoms with Crippen LogP contribution in [0.15, 0.2) is 41.4 Å². The van der Waals surface area contributed by atoms with Crippen molar-refractivity contribution in [3.63, 3.8) is 0 Å². The third kappa shape index (κ3) is 5.88. The van der Waals surface area contributed by atoms with Crippen LogP contribution in [0.1, 0.15) is 51.1 Å². The molecule has 0 aromatic heterocycles. The molecule has 0 saturated heterocycles. The fourth-order valence-corrected chi connectivity index (χ4v) is 3.72. The number of guanidine groups is 1. The van der Waals surface area contributed by atoms with Crippen LogP contribution in [0.5, 0.6) is 5.75 Å². The van der Waals surface area contributed by atoms with E-state index in [4.69, 9.17) is 21.3 Å². The van der Waals surface area contributed by atoms with E-state index in [1.165, 1.54) is 12.1 Å². The number of fused-ring (bicyclic) bond motifs is 2. The molecule has 0 bridgehead atoms. The molecule has 7 N–H and O–H groups in total. The van der Waals surface area contributed by atoms with Crippen molar-refractivity contribution in [3.8, 4) is 5.75 Å². The SMILES string of the molecule is NC(N)=Nc1ccc2c(c1)CCCCc1c(cccc1C(=O)NC(CC(=O)O)C(=O)O)OC2=O. The van der Waals surface area contributed by atoms with Gasteiger partial charge in [0.1, 0.15) is 11.8 Å². The van der Waals surface area contributed by atoms with Crippen LogP contribution in [-0.4, -0.2) is 46.0 Å². The number of carboxylic acid groups (broad SMARTS) is 2. The Labute approximate surface area is 194 Å². The second kappa shape index (κ2) is 10.5. The number of hydrogen-bond donors (Lipinski definition) is 5. The first kappa shape index (κ1) is 24.2. The number of carbonyl (C=O) groups is 4. The number of esters is 1. The molecule has 1 heterocycles. The summed E-state index contributed by atoms with van der Waals surface area (Å²) in [5.41, 5.74) is 13.0. The number of hydrogen-bond acceptors (Lipinski definition) is 6. The lowest BCUT2D eigenvalue weighted by atomic mass is 9.95. The van der Waals surface area contributed by atoms with Crippen LogP contribution in [-0.2, 0) is 22.4 Å². The van der Waals surface area contributed by atoms with Gasteiger partial charge in [0, 0.05) is 11.1 Å². The summed E-state index contributed by atoms with van der Waals surface area (Å²) in [7, 11) is 0. The van der Waals surface area contributed by atoms with Crippen LogP contribution in [0, 0.1) is 0 Å². The van der Waals surface area contributed by atoms with Crippen molar-refractivity contribution in [2.24, 2.45) is 16.5 Å². The van der Waals surface area contributed by atoms with E-state index in [2.05, 4.69) is 10.3 Å². The van der Waals surface area contributed by atoms with Gasteiger partial charge in [0.15, 0.2) is 5.96 Å². The number of ether oxygens (including phenoxy) is 1. The maximum atomic E-state index is 12.9. The number of amides is 1. The minimum atomic E-state index is -1.60. The fraction of sp³-hybridized carbons (Fsp3) is 0.261. The van der Waals surface area contributed by atoms with Crippen LogP contribution in [0.2, 0.25) is 0 Å². The Balaban J connectivity index is 1.93. The third-order valence-corrected chi connectivity index (χ3v) is 5.25. The Morgan fingerprint density at radius 2 is 1.82 bits per heavy atom. The van der Waals surface area contributed by atoms with E-state index in [0.29, 0.717) is 42.5 Å². The van der Waals surface area contributed by atoms with Gasteiger partial charge in [-0.05, 0) is 61.6 Å². The molecule has 178 valence electrons. The van der Waals surface area contributed by atoms with E-state index in [1.54, 1.807) is 24.3 Å². The molecule has 0 fully saturated rings. The van der Waals surface area contributed by atoms with Gasteiger partial charge in [0.2, 0.25) is 0 Å². The lowest BCUT2D eigenvalue weighted by Crippen LogP contribution is -2.42. The first-order valence-electron chi connectivity index (χ1n) is 10.5. The van der Waals surface area contributed by atoms with Gasteiger partial charge in [0.25, 0.3) is 5.91 Å². The Morgan fingerprint density at radius 3 is 2.50 bits per heavy atom. The molecule has 1 aliphatic heterocycles. The minimum absolute atomic E-state index is 0.101. The summed E-state index contributed by atoms with van der Waals surface area (Å²) in [6.45, 7) is 0. The smallest absolute Gasteiger partial charge is 0.343 e. The van der Waals surface area contributed by atoms with E-state index in [1.807, 2.05) is 0 Å². The number of aryl methyl sites for hydroxylation is 1. The van der Waals surface area contributed by atoms with Crippen LogP contribution < -0.4 is 21.5 Å². The molecule has 11 nitrogen and oxygen atoms in total. The predicted molar refractivity (Wildman–Crippen MR) is 121 cm³/mol. The second-order valence-electron chi connectivity index (χ2n) is 7.72. The largest absolute Gasteiger partial charge is 0.481 e. The Bertz CT molecular complexity index is 1170. The first-order valence-corrected chi connectivity index (χ1v) is 10.5. The maximum Gasteiger partial charge on any atom is 0.343 e. The molecule has 2 aromatic rings. The van der Waals surface area contributed by atoms with Crippen molar-refractivity contribution in [2.45, 2.75) is 38.1 Å². The number of rotatable bonds is 6. The summed E-state index contributed by atoms with van der Waals surface area (Å²) >= 11 is 0. The van der Waals surface area contributed by atoms with Gasteiger partial charge in [-0.3, -0.25) is 9.59 Å². The minimum Gasteiger partial charge on any atom is -0.481 e. The highest BCUT2D eigenvalue weighted by molar-refractivity contribution is 6.00. The summed E-state index contributed by atoms with van der Waals surface area (Å²) in [5, 5.41) is 20.4. The van der Waals surface area contributed by atoms with Gasteiger partial charge in [-0.1, -0.05) is 6.07 Å². The number of nitrogens with zero attached hydrogens (tertiary/aromatic N) is 1. The fourth-order valence-electron chi connectivity index (χ4n) is 3.72. The molecular formula is C23H24N4O7. The van der Waals surface area contributed by atoms with Gasteiger partial charge < -0.3 is 31.7 Å². The molecule has 1 amide bonds. The highest BCUT2D eigenvalue weighted by atomic mass is 16.5. The molecule has 1 atom stereocenters. The number of carbonyl (C=O) groups excluding carboxylic acids is 2. The summed E-state index contributed by atoms with van der Waals surface area (Å²) in [6.07, 6.45) is 1.47. The van der Waals surface area contributed by atoms with Gasteiger partial charge in [0.05, 0.1) is 17.7 Å². The number of nitrogens with two attached hydrogens (primary N) is 2. The van der Waals surface area contributed by atoms with E-state index in [0.717, 1.165) is 5.56 Å². The molecule has 0 aliphatic carbocycles. The topological polar surface area (TPSA) is 194 Å². The van der Waals surface area contributed by atoms with Gasteiger partial charge >= 0.3 is 17.9 Å². The zero-order valence-electron chi connectivity index (χ0n) is 18.1. The molecule has 0 saturated carbocycles. The van der Waals surface area contributed by atoms with Crippen molar-refractivity contribution in [1.82, 2.24) is 5.32 Å². The van der Waals surface area contributed by atoms with E-state index < -0.39 is 36.3 Å². The average molecular weight is 468 g/mol.